The highest BCUT2D eigenvalue weighted by molar-refractivity contribution is 8.03. The van der Waals surface area contributed by atoms with Crippen LogP contribution in [0.1, 0.15) is 54.1 Å². The Labute approximate surface area is 214 Å². The van der Waals surface area contributed by atoms with Crippen molar-refractivity contribution in [1.82, 2.24) is 5.32 Å². The Morgan fingerprint density at radius 1 is 1.17 bits per heavy atom. The molecular formula is C27H27N3O5S. The molecule has 2 aromatic rings. The first kappa shape index (κ1) is 26.7. The Morgan fingerprint density at radius 3 is 2.44 bits per heavy atom. The molecule has 3 rings (SSSR count). The zero-order chi connectivity index (χ0) is 26.4. The van der Waals surface area contributed by atoms with Crippen LogP contribution in [0.5, 0.6) is 0 Å². The van der Waals surface area contributed by atoms with Crippen molar-refractivity contribution in [3.05, 3.63) is 75.8 Å². The molecule has 36 heavy (non-hydrogen) atoms. The normalized spacial score (nSPS) is 17.3. The first-order chi connectivity index (χ1) is 17.2. The van der Waals surface area contributed by atoms with Gasteiger partial charge in [0.1, 0.15) is 5.92 Å². The minimum Gasteiger partial charge on any atom is -0.468 e. The Bertz CT molecular complexity index is 1260. The first-order valence-electron chi connectivity index (χ1n) is 11.3. The molecule has 0 saturated carbocycles. The molecule has 186 valence electrons. The summed E-state index contributed by atoms with van der Waals surface area (Å²) in [6.45, 7) is 5.54. The van der Waals surface area contributed by atoms with E-state index in [0.29, 0.717) is 16.8 Å². The SMILES string of the molecule is COC(=O)[C@@H]1C(=O)NC(SCC(=O)Nc2cccc(C(C)=O)c2)=C(C#N)[C@@H]1c1ccc(C(C)C)cc1. The van der Waals surface area contributed by atoms with Crippen LogP contribution in [-0.2, 0) is 19.1 Å². The summed E-state index contributed by atoms with van der Waals surface area (Å²) in [5, 5.41) is 15.6. The summed E-state index contributed by atoms with van der Waals surface area (Å²) in [5.41, 5.74) is 2.82. The Morgan fingerprint density at radius 2 is 1.86 bits per heavy atom. The maximum Gasteiger partial charge on any atom is 0.319 e. The number of carbonyl (C=O) groups excluding carboxylic acids is 4. The summed E-state index contributed by atoms with van der Waals surface area (Å²) in [7, 11) is 1.19. The van der Waals surface area contributed by atoms with Crippen LogP contribution in [0.25, 0.3) is 0 Å². The minimum absolute atomic E-state index is 0.104. The lowest BCUT2D eigenvalue weighted by atomic mass is 9.78. The van der Waals surface area contributed by atoms with Crippen molar-refractivity contribution in [3.63, 3.8) is 0 Å². The number of amides is 2. The van der Waals surface area contributed by atoms with Crippen molar-refractivity contribution < 1.29 is 23.9 Å². The molecular weight excluding hydrogens is 478 g/mol. The van der Waals surface area contributed by atoms with E-state index in [9.17, 15) is 24.4 Å². The summed E-state index contributed by atoms with van der Waals surface area (Å²) in [6.07, 6.45) is 0. The Hall–Kier alpha value is -3.90. The lowest BCUT2D eigenvalue weighted by Crippen LogP contribution is -2.44. The van der Waals surface area contributed by atoms with Crippen LogP contribution in [-0.4, -0.2) is 36.4 Å². The van der Waals surface area contributed by atoms with E-state index in [-0.39, 0.29) is 34.0 Å². The van der Waals surface area contributed by atoms with Gasteiger partial charge in [-0.2, -0.15) is 5.26 Å². The molecule has 0 saturated heterocycles. The maximum absolute atomic E-state index is 13.0. The van der Waals surface area contributed by atoms with Crippen LogP contribution in [0.4, 0.5) is 5.69 Å². The third-order valence-corrected chi connectivity index (χ3v) is 6.86. The number of benzene rings is 2. The van der Waals surface area contributed by atoms with Gasteiger partial charge in [0.25, 0.3) is 0 Å². The van der Waals surface area contributed by atoms with Crippen LogP contribution < -0.4 is 10.6 Å². The van der Waals surface area contributed by atoms with E-state index in [1.807, 2.05) is 24.3 Å². The van der Waals surface area contributed by atoms with Crippen LogP contribution >= 0.6 is 11.8 Å². The summed E-state index contributed by atoms with van der Waals surface area (Å²) < 4.78 is 4.87. The van der Waals surface area contributed by atoms with E-state index in [1.165, 1.54) is 14.0 Å². The molecule has 0 unspecified atom stereocenters. The van der Waals surface area contributed by atoms with Gasteiger partial charge in [-0.3, -0.25) is 19.2 Å². The van der Waals surface area contributed by atoms with E-state index in [1.54, 1.807) is 24.3 Å². The number of carbonyl (C=O) groups is 4. The number of hydrogen-bond donors (Lipinski definition) is 2. The van der Waals surface area contributed by atoms with E-state index in [4.69, 9.17) is 4.74 Å². The van der Waals surface area contributed by atoms with Crippen molar-refractivity contribution in [2.45, 2.75) is 32.6 Å². The third kappa shape index (κ3) is 6.01. The summed E-state index contributed by atoms with van der Waals surface area (Å²) in [5.74, 6) is -3.75. The third-order valence-electron chi connectivity index (χ3n) is 5.85. The molecule has 0 radical (unpaired) electrons. The fourth-order valence-electron chi connectivity index (χ4n) is 3.92. The molecule has 9 heteroatoms. The van der Waals surface area contributed by atoms with Gasteiger partial charge in [0.05, 0.1) is 29.5 Å². The number of nitrogens with zero attached hydrogens (tertiary/aromatic N) is 1. The molecule has 0 aromatic heterocycles. The molecule has 0 aliphatic carbocycles. The van der Waals surface area contributed by atoms with Gasteiger partial charge >= 0.3 is 5.97 Å². The fraction of sp³-hybridized carbons (Fsp3) is 0.296. The van der Waals surface area contributed by atoms with Gasteiger partial charge in [-0.05, 0) is 36.1 Å². The molecule has 2 N–H and O–H groups in total. The number of nitrogens with one attached hydrogen (secondary N) is 2. The highest BCUT2D eigenvalue weighted by Crippen LogP contribution is 2.40. The number of nitriles is 1. The Balaban J connectivity index is 1.88. The molecule has 2 amide bonds. The number of methoxy groups -OCH3 is 1. The number of ether oxygens (including phenoxy) is 1. The predicted octanol–water partition coefficient (Wildman–Crippen LogP) is 4.12. The highest BCUT2D eigenvalue weighted by atomic mass is 32.2. The summed E-state index contributed by atoms with van der Waals surface area (Å²) in [6, 6.07) is 16.1. The molecule has 2 atom stereocenters. The second kappa shape index (κ2) is 11.7. The molecule has 0 fully saturated rings. The van der Waals surface area contributed by atoms with Crippen molar-refractivity contribution in [2.75, 3.05) is 18.2 Å². The highest BCUT2D eigenvalue weighted by Gasteiger charge is 2.44. The summed E-state index contributed by atoms with van der Waals surface area (Å²) in [4.78, 5) is 49.7. The molecule has 1 aliphatic rings. The molecule has 0 spiro atoms. The standard InChI is InChI=1S/C27H27N3O5S/c1-15(2)17-8-10-18(11-9-17)23-21(13-28)26(30-25(33)24(23)27(34)35-4)36-14-22(32)29-20-7-5-6-19(12-20)16(3)31/h5-12,15,23-24H,14H2,1-4H3,(H,29,32)(H,30,33)/t23-,24-/m0/s1. The lowest BCUT2D eigenvalue weighted by molar-refractivity contribution is -0.150. The van der Waals surface area contributed by atoms with Crippen LogP contribution in [0, 0.1) is 17.2 Å². The monoisotopic (exact) mass is 505 g/mol. The molecule has 2 aromatic carbocycles. The van der Waals surface area contributed by atoms with Crippen LogP contribution in [0.3, 0.4) is 0 Å². The van der Waals surface area contributed by atoms with Crippen molar-refractivity contribution in [2.24, 2.45) is 5.92 Å². The van der Waals surface area contributed by atoms with Crippen molar-refractivity contribution in [3.8, 4) is 6.07 Å². The minimum atomic E-state index is -1.23. The maximum atomic E-state index is 13.0. The van der Waals surface area contributed by atoms with E-state index in [0.717, 1.165) is 17.3 Å². The van der Waals surface area contributed by atoms with Crippen LogP contribution in [0.15, 0.2) is 59.1 Å². The van der Waals surface area contributed by atoms with Crippen molar-refractivity contribution >= 4 is 41.0 Å². The van der Waals surface area contributed by atoms with E-state index >= 15 is 0 Å². The number of anilines is 1. The molecule has 8 nitrogen and oxygen atoms in total. The molecule has 1 heterocycles. The topological polar surface area (TPSA) is 125 Å². The van der Waals surface area contributed by atoms with Crippen LogP contribution in [0.2, 0.25) is 0 Å². The van der Waals surface area contributed by atoms with Gasteiger partial charge in [-0.25, -0.2) is 0 Å². The zero-order valence-corrected chi connectivity index (χ0v) is 21.3. The summed E-state index contributed by atoms with van der Waals surface area (Å²) >= 11 is 0.994. The second-order valence-corrected chi connectivity index (χ2v) is 9.60. The number of rotatable bonds is 8. The largest absolute Gasteiger partial charge is 0.468 e. The number of thioether (sulfide) groups is 1. The average Bonchev–Trinajstić information content (AvgIpc) is 2.86. The number of Topliss-reactive ketones (excluding diaryl/α,β-unsaturated/α-hetero) is 1. The predicted molar refractivity (Wildman–Crippen MR) is 137 cm³/mol. The zero-order valence-electron chi connectivity index (χ0n) is 20.5. The number of esters is 1. The first-order valence-corrected chi connectivity index (χ1v) is 12.3. The van der Waals surface area contributed by atoms with E-state index in [2.05, 4.69) is 30.6 Å². The number of ketones is 1. The quantitative estimate of drug-likeness (QED) is 0.314. The molecule has 1 aliphatic heterocycles. The molecule has 0 bridgehead atoms. The van der Waals surface area contributed by atoms with Gasteiger partial charge in [-0.15, -0.1) is 0 Å². The average molecular weight is 506 g/mol. The lowest BCUT2D eigenvalue weighted by Gasteiger charge is -2.31. The fourth-order valence-corrected chi connectivity index (χ4v) is 4.77. The van der Waals surface area contributed by atoms with Gasteiger partial charge in [0.2, 0.25) is 11.8 Å². The Kier molecular flexibility index (Phi) is 8.67. The van der Waals surface area contributed by atoms with Gasteiger partial charge in [0.15, 0.2) is 5.78 Å². The smallest absolute Gasteiger partial charge is 0.319 e. The van der Waals surface area contributed by atoms with Gasteiger partial charge < -0.3 is 15.4 Å². The van der Waals surface area contributed by atoms with Gasteiger partial charge in [0, 0.05) is 17.2 Å². The van der Waals surface area contributed by atoms with Gasteiger partial charge in [-0.1, -0.05) is 62.0 Å². The van der Waals surface area contributed by atoms with E-state index < -0.39 is 23.7 Å². The number of hydrogen-bond acceptors (Lipinski definition) is 7. The van der Waals surface area contributed by atoms with Crippen molar-refractivity contribution in [1.29, 1.82) is 5.26 Å². The number of allylic oxidation sites excluding steroid dienone is 1. The second-order valence-electron chi connectivity index (χ2n) is 8.62.